The van der Waals surface area contributed by atoms with Crippen LogP contribution in [0.15, 0.2) is 23.4 Å². The zero-order chi connectivity index (χ0) is 17.8. The van der Waals surface area contributed by atoms with Crippen LogP contribution in [-0.2, 0) is 4.79 Å². The van der Waals surface area contributed by atoms with E-state index in [4.69, 9.17) is 11.6 Å². The second-order valence-electron chi connectivity index (χ2n) is 6.15. The van der Waals surface area contributed by atoms with Crippen molar-refractivity contribution in [2.45, 2.75) is 50.2 Å². The van der Waals surface area contributed by atoms with Crippen LogP contribution >= 0.6 is 23.4 Å². The van der Waals surface area contributed by atoms with Crippen LogP contribution in [0.3, 0.4) is 0 Å². The van der Waals surface area contributed by atoms with Crippen LogP contribution in [0.2, 0.25) is 5.02 Å². The maximum atomic E-state index is 13.7. The summed E-state index contributed by atoms with van der Waals surface area (Å²) in [5, 5.41) is 12.0. The summed E-state index contributed by atoms with van der Waals surface area (Å²) in [5.74, 6) is 0.193. The molecule has 3 rings (SSSR count). The number of anilines is 1. The molecule has 2 aromatic rings. The zero-order valence-corrected chi connectivity index (χ0v) is 15.5. The van der Waals surface area contributed by atoms with Crippen LogP contribution in [0, 0.1) is 12.7 Å². The van der Waals surface area contributed by atoms with Crippen LogP contribution < -0.4 is 5.32 Å². The molecule has 1 amide bonds. The number of hydrogen-bond acceptors (Lipinski definition) is 4. The number of halogens is 2. The molecule has 0 saturated heterocycles. The van der Waals surface area contributed by atoms with Gasteiger partial charge in [-0.1, -0.05) is 42.6 Å². The van der Waals surface area contributed by atoms with Crippen molar-refractivity contribution in [2.75, 3.05) is 11.1 Å². The van der Waals surface area contributed by atoms with Crippen molar-refractivity contribution in [1.82, 2.24) is 14.8 Å². The second kappa shape index (κ2) is 8.19. The molecule has 1 N–H and O–H groups in total. The van der Waals surface area contributed by atoms with E-state index >= 15 is 0 Å². The topological polar surface area (TPSA) is 59.8 Å². The van der Waals surface area contributed by atoms with Crippen molar-refractivity contribution < 1.29 is 9.18 Å². The van der Waals surface area contributed by atoms with E-state index in [9.17, 15) is 9.18 Å². The Hall–Kier alpha value is -1.60. The fourth-order valence-corrected chi connectivity index (χ4v) is 4.14. The number of aromatic nitrogens is 3. The van der Waals surface area contributed by atoms with Crippen LogP contribution in [0.25, 0.3) is 0 Å². The van der Waals surface area contributed by atoms with Gasteiger partial charge in [-0.15, -0.1) is 10.2 Å². The van der Waals surface area contributed by atoms with Gasteiger partial charge in [-0.2, -0.15) is 0 Å². The lowest BCUT2D eigenvalue weighted by Gasteiger charge is -2.24. The van der Waals surface area contributed by atoms with Gasteiger partial charge in [0.2, 0.25) is 5.91 Å². The first-order valence-corrected chi connectivity index (χ1v) is 9.70. The summed E-state index contributed by atoms with van der Waals surface area (Å²) in [7, 11) is 0. The Kier molecular flexibility index (Phi) is 5.96. The Morgan fingerprint density at radius 1 is 1.36 bits per heavy atom. The Labute approximate surface area is 155 Å². The molecule has 0 atom stereocenters. The lowest BCUT2D eigenvalue weighted by Crippen LogP contribution is -2.18. The smallest absolute Gasteiger partial charge is 0.234 e. The number of carbonyl (C=O) groups excluding carboxylic acids is 1. The van der Waals surface area contributed by atoms with Gasteiger partial charge in [0, 0.05) is 11.1 Å². The number of nitrogens with one attached hydrogen (secondary N) is 1. The van der Waals surface area contributed by atoms with E-state index in [2.05, 4.69) is 20.1 Å². The van der Waals surface area contributed by atoms with Crippen molar-refractivity contribution in [3.63, 3.8) is 0 Å². The third kappa shape index (κ3) is 4.52. The van der Waals surface area contributed by atoms with Gasteiger partial charge in [0.15, 0.2) is 5.16 Å². The van der Waals surface area contributed by atoms with Gasteiger partial charge >= 0.3 is 0 Å². The van der Waals surface area contributed by atoms with Crippen LogP contribution in [0.1, 0.15) is 44.0 Å². The molecule has 0 bridgehead atoms. The first-order valence-electron chi connectivity index (χ1n) is 8.34. The summed E-state index contributed by atoms with van der Waals surface area (Å²) in [4.78, 5) is 12.1. The van der Waals surface area contributed by atoms with E-state index in [1.165, 1.54) is 49.2 Å². The molecule has 25 heavy (non-hydrogen) atoms. The molecule has 1 saturated carbocycles. The molecule has 1 fully saturated rings. The Morgan fingerprint density at radius 3 is 2.88 bits per heavy atom. The quantitative estimate of drug-likeness (QED) is 0.767. The molecular weight excluding hydrogens is 363 g/mol. The number of amides is 1. The summed E-state index contributed by atoms with van der Waals surface area (Å²) in [5.41, 5.74) is 0.0861. The molecule has 134 valence electrons. The number of nitrogens with zero attached hydrogens (tertiary/aromatic N) is 3. The summed E-state index contributed by atoms with van der Waals surface area (Å²) in [6.07, 6.45) is 5.92. The predicted molar refractivity (Wildman–Crippen MR) is 97.6 cm³/mol. The number of hydrogen-bond donors (Lipinski definition) is 1. The van der Waals surface area contributed by atoms with E-state index in [0.717, 1.165) is 23.8 Å². The van der Waals surface area contributed by atoms with Crippen molar-refractivity contribution in [3.8, 4) is 0 Å². The van der Waals surface area contributed by atoms with Gasteiger partial charge in [0.05, 0.1) is 11.4 Å². The minimum atomic E-state index is -0.510. The van der Waals surface area contributed by atoms with E-state index in [0.29, 0.717) is 11.1 Å². The van der Waals surface area contributed by atoms with Crippen molar-refractivity contribution in [2.24, 2.45) is 0 Å². The normalized spacial score (nSPS) is 15.3. The van der Waals surface area contributed by atoms with Crippen LogP contribution in [0.4, 0.5) is 10.1 Å². The molecule has 1 heterocycles. The van der Waals surface area contributed by atoms with E-state index in [1.54, 1.807) is 0 Å². The maximum absolute atomic E-state index is 13.7. The van der Waals surface area contributed by atoms with Gasteiger partial charge in [0.25, 0.3) is 0 Å². The highest BCUT2D eigenvalue weighted by atomic mass is 35.5. The molecule has 8 heteroatoms. The molecule has 0 radical (unpaired) electrons. The highest BCUT2D eigenvalue weighted by Gasteiger charge is 2.22. The van der Waals surface area contributed by atoms with E-state index in [1.807, 2.05) is 6.92 Å². The van der Waals surface area contributed by atoms with Crippen molar-refractivity contribution in [1.29, 1.82) is 0 Å². The van der Waals surface area contributed by atoms with Gasteiger partial charge in [-0.25, -0.2) is 4.39 Å². The molecule has 1 aliphatic carbocycles. The van der Waals surface area contributed by atoms with Crippen molar-refractivity contribution >= 4 is 35.0 Å². The first kappa shape index (κ1) is 18.2. The summed E-state index contributed by atoms with van der Waals surface area (Å²) >= 11 is 7.16. The maximum Gasteiger partial charge on any atom is 0.234 e. The van der Waals surface area contributed by atoms with E-state index in [-0.39, 0.29) is 17.3 Å². The van der Waals surface area contributed by atoms with Crippen molar-refractivity contribution in [3.05, 3.63) is 34.9 Å². The molecule has 1 aromatic carbocycles. The molecule has 0 aliphatic heterocycles. The average Bonchev–Trinajstić information content (AvgIpc) is 2.98. The highest BCUT2D eigenvalue weighted by Crippen LogP contribution is 2.32. The number of aryl methyl sites for hydroxylation is 1. The average molecular weight is 383 g/mol. The molecule has 5 nitrogen and oxygen atoms in total. The SMILES string of the molecule is Cc1nnc(SCC(=O)Nc2cc(Cl)ccc2F)n1C1CCCCC1. The van der Waals surface area contributed by atoms with Crippen LogP contribution in [-0.4, -0.2) is 26.4 Å². The Bertz CT molecular complexity index is 761. The standard InChI is InChI=1S/C17H20ClFN4OS/c1-11-21-22-17(23(11)13-5-3-2-4-6-13)25-10-16(24)20-15-9-12(18)7-8-14(15)19/h7-9,13H,2-6,10H2,1H3,(H,20,24). The van der Waals surface area contributed by atoms with Gasteiger partial charge in [-0.05, 0) is 38.0 Å². The number of benzene rings is 1. The van der Waals surface area contributed by atoms with Gasteiger partial charge in [0.1, 0.15) is 11.6 Å². The highest BCUT2D eigenvalue weighted by molar-refractivity contribution is 7.99. The fourth-order valence-electron chi connectivity index (χ4n) is 3.12. The largest absolute Gasteiger partial charge is 0.323 e. The zero-order valence-electron chi connectivity index (χ0n) is 14.0. The van der Waals surface area contributed by atoms with Gasteiger partial charge < -0.3 is 9.88 Å². The minimum Gasteiger partial charge on any atom is -0.323 e. The second-order valence-corrected chi connectivity index (χ2v) is 7.53. The predicted octanol–water partition coefficient (Wildman–Crippen LogP) is 4.62. The Morgan fingerprint density at radius 2 is 2.12 bits per heavy atom. The number of carbonyl (C=O) groups is 1. The van der Waals surface area contributed by atoms with Crippen LogP contribution in [0.5, 0.6) is 0 Å². The van der Waals surface area contributed by atoms with Gasteiger partial charge in [-0.3, -0.25) is 4.79 Å². The third-order valence-corrected chi connectivity index (χ3v) is 5.49. The lowest BCUT2D eigenvalue weighted by atomic mass is 9.95. The molecule has 1 aliphatic rings. The lowest BCUT2D eigenvalue weighted by molar-refractivity contribution is -0.113. The number of thioether (sulfide) groups is 1. The third-order valence-electron chi connectivity index (χ3n) is 4.31. The van der Waals surface area contributed by atoms with E-state index < -0.39 is 5.82 Å². The molecule has 1 aromatic heterocycles. The summed E-state index contributed by atoms with van der Waals surface area (Å²) in [6, 6.07) is 4.47. The molecule has 0 unspecified atom stereocenters. The molecular formula is C17H20ClFN4OS. The minimum absolute atomic E-state index is 0.0861. The number of rotatable bonds is 5. The molecule has 0 spiro atoms. The first-order chi connectivity index (χ1) is 12.0. The monoisotopic (exact) mass is 382 g/mol. The fraction of sp³-hybridized carbons (Fsp3) is 0.471. The summed E-state index contributed by atoms with van der Waals surface area (Å²) < 4.78 is 15.8. The summed E-state index contributed by atoms with van der Waals surface area (Å²) in [6.45, 7) is 1.94. The Balaban J connectivity index is 1.63.